The topological polar surface area (TPSA) is 37.8 Å². The monoisotopic (exact) mass is 230 g/mol. The minimum Gasteiger partial charge on any atom is -0.287 e. The van der Waals surface area contributed by atoms with Crippen LogP contribution in [0.25, 0.3) is 11.3 Å². The summed E-state index contributed by atoms with van der Waals surface area (Å²) in [6.45, 7) is 2.14. The van der Waals surface area contributed by atoms with Crippen molar-refractivity contribution in [2.75, 3.05) is 0 Å². The van der Waals surface area contributed by atoms with E-state index in [9.17, 15) is 4.79 Å². The van der Waals surface area contributed by atoms with Crippen LogP contribution in [0.4, 0.5) is 0 Å². The average molecular weight is 230 g/mol. The summed E-state index contributed by atoms with van der Waals surface area (Å²) in [5, 5.41) is 2.84. The van der Waals surface area contributed by atoms with Gasteiger partial charge >= 0.3 is 0 Å². The van der Waals surface area contributed by atoms with Crippen LogP contribution in [0.3, 0.4) is 0 Å². The van der Waals surface area contributed by atoms with E-state index in [1.54, 1.807) is 0 Å². The highest BCUT2D eigenvalue weighted by molar-refractivity contribution is 5.63. The minimum absolute atomic E-state index is 0.0415. The number of aromatic amines is 1. The van der Waals surface area contributed by atoms with Gasteiger partial charge in [0.05, 0.1) is 5.69 Å². The van der Waals surface area contributed by atoms with E-state index in [-0.39, 0.29) is 5.56 Å². The molecule has 0 aliphatic heterocycles. The zero-order chi connectivity index (χ0) is 12.3. The van der Waals surface area contributed by atoms with Crippen LogP contribution in [0.2, 0.25) is 0 Å². The molecule has 1 N–H and O–H groups in total. The summed E-state index contributed by atoms with van der Waals surface area (Å²) in [4.78, 5) is 11.9. The molecule has 0 saturated carbocycles. The zero-order valence-electron chi connectivity index (χ0n) is 10.4. The summed E-state index contributed by atoms with van der Waals surface area (Å²) < 4.78 is 1.82. The molecule has 3 heteroatoms. The van der Waals surface area contributed by atoms with Crippen LogP contribution in [0.5, 0.6) is 0 Å². The van der Waals surface area contributed by atoms with Gasteiger partial charge in [0.1, 0.15) is 0 Å². The van der Waals surface area contributed by atoms with E-state index in [0.29, 0.717) is 0 Å². The van der Waals surface area contributed by atoms with Gasteiger partial charge in [-0.25, -0.2) is 0 Å². The molecule has 0 aliphatic carbocycles. The number of hydrogen-bond acceptors (Lipinski definition) is 1. The average Bonchev–Trinajstić information content (AvgIpc) is 2.62. The van der Waals surface area contributed by atoms with Gasteiger partial charge in [-0.1, -0.05) is 43.7 Å². The smallest absolute Gasteiger partial charge is 0.267 e. The molecule has 1 aromatic heterocycles. The van der Waals surface area contributed by atoms with Crippen LogP contribution in [-0.4, -0.2) is 9.78 Å². The van der Waals surface area contributed by atoms with Crippen molar-refractivity contribution >= 4 is 0 Å². The van der Waals surface area contributed by atoms with Crippen LogP contribution >= 0.6 is 0 Å². The second-order valence-corrected chi connectivity index (χ2v) is 4.30. The predicted molar refractivity (Wildman–Crippen MR) is 70.1 cm³/mol. The normalized spacial score (nSPS) is 10.7. The van der Waals surface area contributed by atoms with Crippen molar-refractivity contribution in [1.29, 1.82) is 0 Å². The van der Waals surface area contributed by atoms with E-state index in [4.69, 9.17) is 0 Å². The fraction of sp³-hybridized carbons (Fsp3) is 0.357. The van der Waals surface area contributed by atoms with Gasteiger partial charge in [0.25, 0.3) is 5.56 Å². The Balaban J connectivity index is 2.49. The fourth-order valence-corrected chi connectivity index (χ4v) is 2.14. The minimum atomic E-state index is 0.0415. The van der Waals surface area contributed by atoms with Gasteiger partial charge in [0, 0.05) is 18.2 Å². The molecule has 0 fully saturated rings. The lowest BCUT2D eigenvalue weighted by molar-refractivity contribution is 0.764. The summed E-state index contributed by atoms with van der Waals surface area (Å²) >= 11 is 0. The first-order valence-electron chi connectivity index (χ1n) is 6.07. The van der Waals surface area contributed by atoms with E-state index >= 15 is 0 Å². The highest BCUT2D eigenvalue weighted by Gasteiger charge is 2.13. The maximum atomic E-state index is 11.9. The second kappa shape index (κ2) is 5.04. The summed E-state index contributed by atoms with van der Waals surface area (Å²) in [6, 6.07) is 10.1. The van der Waals surface area contributed by atoms with E-state index < -0.39 is 0 Å². The van der Waals surface area contributed by atoms with Crippen LogP contribution in [0, 0.1) is 0 Å². The molecule has 0 atom stereocenters. The van der Waals surface area contributed by atoms with Crippen molar-refractivity contribution in [1.82, 2.24) is 9.78 Å². The maximum absolute atomic E-state index is 11.9. The first-order valence-corrected chi connectivity index (χ1v) is 6.07. The molecule has 1 heterocycles. The molecule has 2 rings (SSSR count). The van der Waals surface area contributed by atoms with Gasteiger partial charge in [-0.05, 0) is 12.8 Å². The third-order valence-corrected chi connectivity index (χ3v) is 2.99. The predicted octanol–water partition coefficient (Wildman–Crippen LogP) is 2.72. The molecule has 0 spiro atoms. The Kier molecular flexibility index (Phi) is 3.47. The highest BCUT2D eigenvalue weighted by atomic mass is 16.1. The van der Waals surface area contributed by atoms with Crippen LogP contribution in [-0.2, 0) is 13.5 Å². The summed E-state index contributed by atoms with van der Waals surface area (Å²) in [5.74, 6) is 0. The quantitative estimate of drug-likeness (QED) is 0.861. The molecule has 1 aromatic carbocycles. The third-order valence-electron chi connectivity index (χ3n) is 2.99. The number of rotatable bonds is 4. The lowest BCUT2D eigenvalue weighted by Gasteiger charge is -2.05. The molecule has 0 radical (unpaired) electrons. The second-order valence-electron chi connectivity index (χ2n) is 4.30. The Morgan fingerprint density at radius 2 is 1.94 bits per heavy atom. The molecule has 0 unspecified atom stereocenters. The van der Waals surface area contributed by atoms with Crippen molar-refractivity contribution in [2.24, 2.45) is 7.05 Å². The first kappa shape index (κ1) is 11.7. The van der Waals surface area contributed by atoms with Crippen molar-refractivity contribution < 1.29 is 0 Å². The molecule has 90 valence electrons. The molecule has 17 heavy (non-hydrogen) atoms. The van der Waals surface area contributed by atoms with Crippen molar-refractivity contribution in [3.8, 4) is 11.3 Å². The summed E-state index contributed by atoms with van der Waals surface area (Å²) in [5.41, 5.74) is 3.06. The number of aryl methyl sites for hydroxylation is 1. The van der Waals surface area contributed by atoms with E-state index in [1.807, 2.05) is 42.1 Å². The Morgan fingerprint density at radius 3 is 2.59 bits per heavy atom. The molecular formula is C14H18N2O. The maximum Gasteiger partial charge on any atom is 0.267 e. The Hall–Kier alpha value is -1.77. The summed E-state index contributed by atoms with van der Waals surface area (Å²) in [7, 11) is 1.89. The highest BCUT2D eigenvalue weighted by Crippen LogP contribution is 2.21. The molecule has 3 nitrogen and oxygen atoms in total. The van der Waals surface area contributed by atoms with Crippen LogP contribution in [0.1, 0.15) is 25.3 Å². The number of H-pyrrole nitrogens is 1. The van der Waals surface area contributed by atoms with Crippen LogP contribution in [0.15, 0.2) is 35.1 Å². The largest absolute Gasteiger partial charge is 0.287 e. The molecule has 0 aliphatic rings. The molecule has 0 amide bonds. The molecule has 2 aromatic rings. The van der Waals surface area contributed by atoms with Crippen LogP contribution < -0.4 is 5.56 Å². The number of nitrogens with one attached hydrogen (secondary N) is 1. The number of nitrogens with zero attached hydrogens (tertiary/aromatic N) is 1. The number of aromatic nitrogens is 2. The zero-order valence-corrected chi connectivity index (χ0v) is 10.4. The van der Waals surface area contributed by atoms with Gasteiger partial charge < -0.3 is 0 Å². The van der Waals surface area contributed by atoms with Gasteiger partial charge in [0.15, 0.2) is 0 Å². The molecule has 0 bridgehead atoms. The third kappa shape index (κ3) is 2.33. The SMILES string of the molecule is CCCCc1c(-c2ccccc2)n(C)[nH]c1=O. The number of unbranched alkanes of at least 4 members (excludes halogenated alkanes) is 1. The van der Waals surface area contributed by atoms with Gasteiger partial charge in [-0.15, -0.1) is 0 Å². The van der Waals surface area contributed by atoms with Crippen molar-refractivity contribution in [3.63, 3.8) is 0 Å². The van der Waals surface area contributed by atoms with Crippen molar-refractivity contribution in [3.05, 3.63) is 46.2 Å². The Bertz CT molecular complexity index is 537. The fourth-order valence-electron chi connectivity index (χ4n) is 2.14. The van der Waals surface area contributed by atoms with E-state index in [2.05, 4.69) is 12.0 Å². The number of hydrogen-bond donors (Lipinski definition) is 1. The molecule has 0 saturated heterocycles. The van der Waals surface area contributed by atoms with Gasteiger partial charge in [0.2, 0.25) is 0 Å². The lowest BCUT2D eigenvalue weighted by Crippen LogP contribution is -2.06. The van der Waals surface area contributed by atoms with Gasteiger partial charge in [-0.3, -0.25) is 14.6 Å². The van der Waals surface area contributed by atoms with E-state index in [0.717, 1.165) is 36.1 Å². The van der Waals surface area contributed by atoms with Gasteiger partial charge in [-0.2, -0.15) is 0 Å². The van der Waals surface area contributed by atoms with Crippen molar-refractivity contribution in [2.45, 2.75) is 26.2 Å². The number of benzene rings is 1. The first-order chi connectivity index (χ1) is 8.24. The Labute approximate surface area is 101 Å². The standard InChI is InChI=1S/C14H18N2O/c1-3-4-10-12-13(16(2)15-14(12)17)11-8-6-5-7-9-11/h5-9H,3-4,10H2,1-2H3,(H,15,17). The lowest BCUT2D eigenvalue weighted by atomic mass is 10.0. The molecular weight excluding hydrogens is 212 g/mol. The Morgan fingerprint density at radius 1 is 1.24 bits per heavy atom. The summed E-state index contributed by atoms with van der Waals surface area (Å²) in [6.07, 6.45) is 2.99. The van der Waals surface area contributed by atoms with E-state index in [1.165, 1.54) is 0 Å².